The zero-order chi connectivity index (χ0) is 36.9. The van der Waals surface area contributed by atoms with Crippen molar-refractivity contribution in [1.29, 1.82) is 0 Å². The molecule has 0 radical (unpaired) electrons. The summed E-state index contributed by atoms with van der Waals surface area (Å²) < 4.78 is 21.7. The van der Waals surface area contributed by atoms with Crippen LogP contribution in [0.5, 0.6) is 0 Å². The lowest BCUT2D eigenvalue weighted by Crippen LogP contribution is -2.45. The quantitative estimate of drug-likeness (QED) is 0.0844. The van der Waals surface area contributed by atoms with Gasteiger partial charge in [-0.15, -0.1) is 0 Å². The molecular formula is C37H69N3O9. The Kier molecular flexibility index (Phi) is 28.9. The molecule has 0 aliphatic carbocycles. The van der Waals surface area contributed by atoms with E-state index in [1.165, 1.54) is 0 Å². The van der Waals surface area contributed by atoms with Gasteiger partial charge in [-0.2, -0.15) is 0 Å². The molecule has 286 valence electrons. The van der Waals surface area contributed by atoms with Crippen LogP contribution in [0.4, 0.5) is 0 Å². The average Bonchev–Trinajstić information content (AvgIpc) is 3.04. The fraction of sp³-hybridized carbons (Fsp3) is 0.865. The zero-order valence-corrected chi connectivity index (χ0v) is 31.7. The van der Waals surface area contributed by atoms with Crippen LogP contribution in [0.25, 0.3) is 0 Å². The van der Waals surface area contributed by atoms with E-state index in [0.29, 0.717) is 97.4 Å². The van der Waals surface area contributed by atoms with Gasteiger partial charge in [0.15, 0.2) is 5.78 Å². The molecule has 12 nitrogen and oxygen atoms in total. The van der Waals surface area contributed by atoms with Gasteiger partial charge in [-0.25, -0.2) is 0 Å². The van der Waals surface area contributed by atoms with Gasteiger partial charge in [0, 0.05) is 50.6 Å². The first-order valence-electron chi connectivity index (χ1n) is 18.6. The summed E-state index contributed by atoms with van der Waals surface area (Å²) in [6, 6.07) is -0.602. The number of ketones is 2. The lowest BCUT2D eigenvalue weighted by atomic mass is 9.84. The van der Waals surface area contributed by atoms with Crippen molar-refractivity contribution in [2.45, 2.75) is 119 Å². The maximum atomic E-state index is 13.3. The molecule has 0 saturated carbocycles. The minimum absolute atomic E-state index is 0.00478. The highest BCUT2D eigenvalue weighted by Gasteiger charge is 2.30. The van der Waals surface area contributed by atoms with E-state index in [0.717, 1.165) is 19.3 Å². The van der Waals surface area contributed by atoms with Gasteiger partial charge in [0.25, 0.3) is 0 Å². The molecule has 49 heavy (non-hydrogen) atoms. The Balaban J connectivity index is 4.10. The molecule has 0 saturated heterocycles. The maximum Gasteiger partial charge on any atom is 0.222 e. The summed E-state index contributed by atoms with van der Waals surface area (Å²) in [5, 5.41) is 8.61. The monoisotopic (exact) mass is 700 g/mol. The number of hydrogen-bond donors (Lipinski definition) is 3. The first kappa shape index (κ1) is 46.6. The van der Waals surface area contributed by atoms with E-state index in [4.69, 9.17) is 18.9 Å². The molecular weight excluding hydrogens is 630 g/mol. The van der Waals surface area contributed by atoms with Crippen molar-refractivity contribution in [3.8, 4) is 0 Å². The standard InChI is InChI=1S/C37H69N3O9/c1-8-17-38-33(42)15-19-46-21-23-48-25-26-49-24-22-47-20-16-34(43)39-18-10-9-13-31(37(45)30(6)7)27-32(41)36(29(4)5)40-35(44)14-11-12-28(2)3/h28-31,36H,8-27H2,1-7H3,(H,38,42)(H,39,43)(H,40,44)/t31-,36+/m1/s1. The van der Waals surface area contributed by atoms with Crippen LogP contribution in [-0.4, -0.2) is 101 Å². The molecule has 0 heterocycles. The Labute approximate surface area is 296 Å². The van der Waals surface area contributed by atoms with Crippen LogP contribution in [0.15, 0.2) is 0 Å². The highest BCUT2D eigenvalue weighted by Crippen LogP contribution is 2.21. The maximum absolute atomic E-state index is 13.3. The number of ether oxygens (including phenoxy) is 4. The SMILES string of the molecule is CCCNC(=O)CCOCCOCCOCCOCCC(=O)NCCCC[C@H](CC(=O)[C@@H](NC(=O)CCCC(C)C)C(C)C)C(=O)C(C)C. The van der Waals surface area contributed by atoms with E-state index in [1.54, 1.807) is 0 Å². The van der Waals surface area contributed by atoms with E-state index in [2.05, 4.69) is 29.8 Å². The minimum atomic E-state index is -0.602. The smallest absolute Gasteiger partial charge is 0.222 e. The van der Waals surface area contributed by atoms with Crippen molar-refractivity contribution in [2.75, 3.05) is 65.9 Å². The summed E-state index contributed by atoms with van der Waals surface area (Å²) in [6.07, 6.45) is 5.72. The molecule has 0 aliphatic heterocycles. The van der Waals surface area contributed by atoms with Gasteiger partial charge in [0.1, 0.15) is 5.78 Å². The van der Waals surface area contributed by atoms with Gasteiger partial charge in [-0.05, 0) is 37.5 Å². The number of hydrogen-bond acceptors (Lipinski definition) is 9. The Bertz CT molecular complexity index is 912. The van der Waals surface area contributed by atoms with E-state index in [-0.39, 0.29) is 60.6 Å². The number of rotatable bonds is 33. The van der Waals surface area contributed by atoms with E-state index < -0.39 is 12.0 Å². The van der Waals surface area contributed by atoms with Gasteiger partial charge in [0.05, 0.1) is 58.9 Å². The van der Waals surface area contributed by atoms with Gasteiger partial charge in [-0.3, -0.25) is 24.0 Å². The molecule has 0 rings (SSSR count). The molecule has 0 fully saturated rings. The summed E-state index contributed by atoms with van der Waals surface area (Å²) in [5.41, 5.74) is 0. The second-order valence-electron chi connectivity index (χ2n) is 13.6. The van der Waals surface area contributed by atoms with Crippen molar-refractivity contribution in [1.82, 2.24) is 16.0 Å². The Hall–Kier alpha value is -2.41. The van der Waals surface area contributed by atoms with Crippen molar-refractivity contribution in [3.05, 3.63) is 0 Å². The third kappa shape index (κ3) is 27.0. The van der Waals surface area contributed by atoms with E-state index >= 15 is 0 Å². The lowest BCUT2D eigenvalue weighted by molar-refractivity contribution is -0.133. The Morgan fingerprint density at radius 3 is 1.55 bits per heavy atom. The largest absolute Gasteiger partial charge is 0.379 e. The molecule has 0 aromatic carbocycles. The predicted molar refractivity (Wildman–Crippen MR) is 191 cm³/mol. The number of carbonyl (C=O) groups is 5. The molecule has 3 N–H and O–H groups in total. The first-order valence-corrected chi connectivity index (χ1v) is 18.6. The summed E-state index contributed by atoms with van der Waals surface area (Å²) in [4.78, 5) is 62.4. The summed E-state index contributed by atoms with van der Waals surface area (Å²) in [5.74, 6) is -0.396. The summed E-state index contributed by atoms with van der Waals surface area (Å²) >= 11 is 0. The third-order valence-electron chi connectivity index (χ3n) is 7.87. The molecule has 0 bridgehead atoms. The van der Waals surface area contributed by atoms with Crippen LogP contribution >= 0.6 is 0 Å². The Morgan fingerprint density at radius 1 is 0.571 bits per heavy atom. The second-order valence-corrected chi connectivity index (χ2v) is 13.6. The number of carbonyl (C=O) groups excluding carboxylic acids is 5. The van der Waals surface area contributed by atoms with Crippen LogP contribution in [0.2, 0.25) is 0 Å². The predicted octanol–water partition coefficient (Wildman–Crippen LogP) is 4.41. The zero-order valence-electron chi connectivity index (χ0n) is 31.7. The van der Waals surface area contributed by atoms with Crippen LogP contribution in [0.1, 0.15) is 113 Å². The van der Waals surface area contributed by atoms with Gasteiger partial charge < -0.3 is 34.9 Å². The molecule has 2 atom stereocenters. The van der Waals surface area contributed by atoms with E-state index in [9.17, 15) is 24.0 Å². The van der Waals surface area contributed by atoms with Crippen LogP contribution in [-0.2, 0) is 42.9 Å². The normalized spacial score (nSPS) is 12.7. The fourth-order valence-corrected chi connectivity index (χ4v) is 5.00. The first-order chi connectivity index (χ1) is 23.4. The van der Waals surface area contributed by atoms with E-state index in [1.807, 2.05) is 34.6 Å². The highest BCUT2D eigenvalue weighted by molar-refractivity contribution is 5.93. The number of Topliss-reactive ketones (excluding diaryl/α,β-unsaturated/α-hetero) is 2. The Morgan fingerprint density at radius 2 is 1.08 bits per heavy atom. The lowest BCUT2D eigenvalue weighted by Gasteiger charge is -2.24. The van der Waals surface area contributed by atoms with Gasteiger partial charge >= 0.3 is 0 Å². The van der Waals surface area contributed by atoms with Crippen molar-refractivity contribution in [3.63, 3.8) is 0 Å². The van der Waals surface area contributed by atoms with Crippen molar-refractivity contribution < 1.29 is 42.9 Å². The van der Waals surface area contributed by atoms with Crippen molar-refractivity contribution in [2.24, 2.45) is 23.7 Å². The topological polar surface area (TPSA) is 158 Å². The molecule has 0 aromatic rings. The van der Waals surface area contributed by atoms with Crippen LogP contribution in [0.3, 0.4) is 0 Å². The molecule has 12 heteroatoms. The number of unbranched alkanes of at least 4 members (excludes halogenated alkanes) is 1. The van der Waals surface area contributed by atoms with Crippen LogP contribution < -0.4 is 16.0 Å². The average molecular weight is 700 g/mol. The second kappa shape index (κ2) is 30.4. The fourth-order valence-electron chi connectivity index (χ4n) is 5.00. The molecule has 3 amide bonds. The van der Waals surface area contributed by atoms with Gasteiger partial charge in [-0.1, -0.05) is 61.3 Å². The summed E-state index contributed by atoms with van der Waals surface area (Å²) in [7, 11) is 0. The number of amides is 3. The minimum Gasteiger partial charge on any atom is -0.379 e. The molecule has 0 unspecified atom stereocenters. The van der Waals surface area contributed by atoms with Gasteiger partial charge in [0.2, 0.25) is 17.7 Å². The number of nitrogens with one attached hydrogen (secondary N) is 3. The highest BCUT2D eigenvalue weighted by atomic mass is 16.6. The van der Waals surface area contributed by atoms with Crippen LogP contribution in [0, 0.1) is 23.7 Å². The van der Waals surface area contributed by atoms with Crippen molar-refractivity contribution >= 4 is 29.3 Å². The molecule has 0 aliphatic rings. The molecule has 0 spiro atoms. The third-order valence-corrected chi connectivity index (χ3v) is 7.87. The summed E-state index contributed by atoms with van der Waals surface area (Å²) in [6.45, 7) is 18.1. The molecule has 0 aromatic heterocycles.